The number of aromatic nitrogens is 2. The molecule has 2 saturated heterocycles. The van der Waals surface area contributed by atoms with Gasteiger partial charge in [0, 0.05) is 57.4 Å². The predicted octanol–water partition coefficient (Wildman–Crippen LogP) is 4.62. The van der Waals surface area contributed by atoms with Crippen molar-refractivity contribution < 1.29 is 28.9 Å². The third kappa shape index (κ3) is 12.0. The highest BCUT2D eigenvalue weighted by Crippen LogP contribution is 2.37. The van der Waals surface area contributed by atoms with Crippen LogP contribution in [0.2, 0.25) is 18.1 Å². The first kappa shape index (κ1) is 41.5. The van der Waals surface area contributed by atoms with Crippen LogP contribution >= 0.6 is 12.4 Å². The first-order chi connectivity index (χ1) is 22.3. The first-order valence-electron chi connectivity index (χ1n) is 16.0. The molecule has 0 aromatic carbocycles. The summed E-state index contributed by atoms with van der Waals surface area (Å²) in [4.78, 5) is 46.8. The van der Waals surface area contributed by atoms with Crippen LogP contribution < -0.4 is 15.1 Å². The van der Waals surface area contributed by atoms with Gasteiger partial charge in [-0.25, -0.2) is 4.79 Å². The van der Waals surface area contributed by atoms with E-state index in [-0.39, 0.29) is 53.9 Å². The summed E-state index contributed by atoms with van der Waals surface area (Å²) in [6.45, 7) is 20.8. The van der Waals surface area contributed by atoms with Gasteiger partial charge in [-0.15, -0.1) is 12.4 Å². The second-order valence-corrected chi connectivity index (χ2v) is 19.2. The smallest absolute Gasteiger partial charge is 0.410 e. The second kappa shape index (κ2) is 17.3. The Kier molecular flexibility index (Phi) is 14.7. The Labute approximate surface area is 295 Å². The van der Waals surface area contributed by atoms with E-state index in [9.17, 15) is 25.0 Å². The van der Waals surface area contributed by atoms with Crippen LogP contribution in [-0.4, -0.2) is 114 Å². The summed E-state index contributed by atoms with van der Waals surface area (Å²) < 4.78 is 12.1. The molecule has 0 unspecified atom stereocenters. The molecule has 1 amide bonds. The molecule has 0 bridgehead atoms. The van der Waals surface area contributed by atoms with E-state index in [1.165, 1.54) is 24.5 Å². The van der Waals surface area contributed by atoms with E-state index >= 15 is 0 Å². The number of carbonyl (C=O) groups excluding carboxylic acids is 1. The summed E-state index contributed by atoms with van der Waals surface area (Å²) in [6, 6.07) is 6.01. The highest BCUT2D eigenvalue weighted by Gasteiger charge is 2.40. The third-order valence-corrected chi connectivity index (χ3v) is 13.1. The van der Waals surface area contributed by atoms with Crippen molar-refractivity contribution in [3.63, 3.8) is 0 Å². The Morgan fingerprint density at radius 2 is 1.47 bits per heavy atom. The minimum Gasteiger partial charge on any atom is -0.444 e. The lowest BCUT2D eigenvalue weighted by molar-refractivity contribution is -0.389. The topological polar surface area (TPSA) is 190 Å². The van der Waals surface area contributed by atoms with Crippen LogP contribution in [-0.2, 0) is 9.16 Å². The van der Waals surface area contributed by atoms with Gasteiger partial charge in [-0.2, -0.15) is 0 Å². The van der Waals surface area contributed by atoms with Crippen molar-refractivity contribution in [1.82, 2.24) is 20.2 Å². The van der Waals surface area contributed by atoms with E-state index in [0.717, 1.165) is 24.5 Å². The number of nitrogens with zero attached hydrogens (tertiary/aromatic N) is 7. The van der Waals surface area contributed by atoms with Crippen molar-refractivity contribution >= 4 is 49.8 Å². The Morgan fingerprint density at radius 1 is 0.939 bits per heavy atom. The first-order valence-corrected chi connectivity index (χ1v) is 18.9. The van der Waals surface area contributed by atoms with Gasteiger partial charge in [-0.05, 0) is 70.9 Å². The summed E-state index contributed by atoms with van der Waals surface area (Å²) in [7, 11) is -2.01. The van der Waals surface area contributed by atoms with Gasteiger partial charge in [0.2, 0.25) is 0 Å². The molecule has 4 heterocycles. The summed E-state index contributed by atoms with van der Waals surface area (Å²) in [6.07, 6.45) is 2.66. The maximum Gasteiger partial charge on any atom is 0.410 e. The molecule has 2 N–H and O–H groups in total. The number of rotatable bonds is 8. The zero-order chi connectivity index (χ0) is 35.9. The van der Waals surface area contributed by atoms with Gasteiger partial charge in [-0.3, -0.25) is 4.90 Å². The molecule has 2 atom stereocenters. The number of hydrogen-bond acceptors (Lipinski definition) is 13. The van der Waals surface area contributed by atoms with E-state index in [4.69, 9.17) is 14.3 Å². The lowest BCUT2D eigenvalue weighted by Gasteiger charge is -2.44. The number of hydrogen-bond donors (Lipinski definition) is 2. The fourth-order valence-electron chi connectivity index (χ4n) is 4.84. The largest absolute Gasteiger partial charge is 0.444 e. The van der Waals surface area contributed by atoms with Gasteiger partial charge in [0.05, 0.1) is 30.6 Å². The Hall–Kier alpha value is -3.64. The molecule has 0 aliphatic carbocycles. The average molecular weight is 727 g/mol. The zero-order valence-electron chi connectivity index (χ0n) is 29.6. The van der Waals surface area contributed by atoms with Crippen molar-refractivity contribution in [2.24, 2.45) is 0 Å². The maximum atomic E-state index is 12.9. The SMILES string of the molecule is CC(C)(C)OC(=O)N1CCN(c2ccc([N+](=O)[O-])nc2)C[C@@H]1CO[Si](C)(C)C(C)(C)C.Cl.O=[N+]([O-])c1ccc(N2CCN[C@@H](CO)C2)cn1. The van der Waals surface area contributed by atoms with Gasteiger partial charge in [0.1, 0.15) is 5.60 Å². The fourth-order valence-corrected chi connectivity index (χ4v) is 5.89. The zero-order valence-corrected chi connectivity index (χ0v) is 31.4. The van der Waals surface area contributed by atoms with Crippen LogP contribution in [0.1, 0.15) is 41.5 Å². The fraction of sp³-hybridized carbons (Fsp3) is 0.645. The van der Waals surface area contributed by atoms with E-state index in [1.807, 2.05) is 25.7 Å². The van der Waals surface area contributed by atoms with Crippen LogP contribution in [0.25, 0.3) is 0 Å². The standard InChI is InChI=1S/C21H36N4O5Si.C10H14N4O3.ClH/c1-20(2,3)30-19(26)24-12-11-23(16-9-10-18(22-13-16)25(27)28)14-17(24)15-29-31(7,8)21(4,5)6;15-7-8-6-13(4-3-11-8)9-1-2-10(12-5-9)14(16)17;/h9-10,13,17H,11-12,14-15H2,1-8H3;1-2,5,8,11,15H,3-4,6-7H2;1H/t17-;8-;/m11./s1. The molecule has 2 aliphatic rings. The number of nitrogens with one attached hydrogen (secondary N) is 1. The van der Waals surface area contributed by atoms with Crippen molar-refractivity contribution in [3.8, 4) is 0 Å². The molecular weight excluding hydrogens is 676 g/mol. The summed E-state index contributed by atoms with van der Waals surface area (Å²) in [5.74, 6) is -0.337. The number of carbonyl (C=O) groups is 1. The summed E-state index contributed by atoms with van der Waals surface area (Å²) in [5.41, 5.74) is 1.05. The van der Waals surface area contributed by atoms with Gasteiger partial charge in [-0.1, -0.05) is 20.8 Å². The normalized spacial score (nSPS) is 18.5. The molecule has 2 fully saturated rings. The highest BCUT2D eigenvalue weighted by molar-refractivity contribution is 6.74. The Bertz CT molecular complexity index is 1390. The van der Waals surface area contributed by atoms with Gasteiger partial charge in [0.15, 0.2) is 20.7 Å². The van der Waals surface area contributed by atoms with Crippen LogP contribution in [0.15, 0.2) is 36.7 Å². The quantitative estimate of drug-likeness (QED) is 0.218. The molecule has 0 radical (unpaired) electrons. The lowest BCUT2D eigenvalue weighted by Crippen LogP contribution is -2.59. The molecule has 18 heteroatoms. The number of aliphatic hydroxyl groups is 1. The van der Waals surface area contributed by atoms with Gasteiger partial charge in [0.25, 0.3) is 0 Å². The van der Waals surface area contributed by atoms with Crippen molar-refractivity contribution in [2.75, 3.05) is 62.3 Å². The molecule has 4 rings (SSSR count). The molecule has 2 aromatic heterocycles. The number of amides is 1. The minimum absolute atomic E-state index is 0. The highest BCUT2D eigenvalue weighted by atomic mass is 35.5. The minimum atomic E-state index is -2.01. The number of halogens is 1. The number of piperazine rings is 2. The average Bonchev–Trinajstić information content (AvgIpc) is 3.02. The molecule has 49 heavy (non-hydrogen) atoms. The number of anilines is 2. The molecule has 2 aromatic rings. The van der Waals surface area contributed by atoms with E-state index in [0.29, 0.717) is 32.8 Å². The molecule has 274 valence electrons. The van der Waals surface area contributed by atoms with Crippen LogP contribution in [0.3, 0.4) is 0 Å². The number of aliphatic hydroxyl groups excluding tert-OH is 1. The predicted molar refractivity (Wildman–Crippen MR) is 192 cm³/mol. The molecule has 16 nitrogen and oxygen atoms in total. The monoisotopic (exact) mass is 726 g/mol. The Morgan fingerprint density at radius 3 is 1.90 bits per heavy atom. The lowest BCUT2D eigenvalue weighted by atomic mass is 10.1. The number of nitro groups is 2. The molecule has 0 saturated carbocycles. The van der Waals surface area contributed by atoms with Crippen LogP contribution in [0, 0.1) is 20.2 Å². The van der Waals surface area contributed by atoms with E-state index in [2.05, 4.69) is 54.0 Å². The number of ether oxygens (including phenoxy) is 1. The van der Waals surface area contributed by atoms with Crippen molar-refractivity contribution in [1.29, 1.82) is 0 Å². The summed E-state index contributed by atoms with van der Waals surface area (Å²) in [5, 5.41) is 33.7. The van der Waals surface area contributed by atoms with E-state index in [1.54, 1.807) is 17.0 Å². The van der Waals surface area contributed by atoms with Gasteiger partial charge >= 0.3 is 17.7 Å². The van der Waals surface area contributed by atoms with Gasteiger partial charge < -0.3 is 49.6 Å². The van der Waals surface area contributed by atoms with Crippen LogP contribution in [0.5, 0.6) is 0 Å². The van der Waals surface area contributed by atoms with E-state index < -0.39 is 23.8 Å². The summed E-state index contributed by atoms with van der Waals surface area (Å²) >= 11 is 0. The van der Waals surface area contributed by atoms with Crippen LogP contribution in [0.4, 0.5) is 27.8 Å². The van der Waals surface area contributed by atoms with Crippen molar-refractivity contribution in [3.05, 3.63) is 56.9 Å². The molecule has 0 spiro atoms. The Balaban J connectivity index is 0.000000390. The van der Waals surface area contributed by atoms with Crippen molar-refractivity contribution in [2.45, 2.75) is 77.4 Å². The molecule has 2 aliphatic heterocycles. The number of pyridine rings is 2. The maximum absolute atomic E-state index is 12.9. The third-order valence-electron chi connectivity index (χ3n) is 8.60. The second-order valence-electron chi connectivity index (χ2n) is 14.4. The molecular formula is C31H51ClN8O8Si.